The third-order valence-electron chi connectivity index (χ3n) is 4.19. The fourth-order valence-corrected chi connectivity index (χ4v) is 2.87. The molecule has 5 nitrogen and oxygen atoms in total. The molecule has 0 unspecified atom stereocenters. The van der Waals surface area contributed by atoms with Crippen molar-refractivity contribution in [3.63, 3.8) is 0 Å². The average molecular weight is 348 g/mol. The van der Waals surface area contributed by atoms with Gasteiger partial charge in [-0.2, -0.15) is 4.98 Å². The van der Waals surface area contributed by atoms with Crippen LogP contribution >= 0.6 is 0 Å². The highest BCUT2D eigenvalue weighted by atomic mass is 16.5. The monoisotopic (exact) mass is 348 g/mol. The predicted molar refractivity (Wildman–Crippen MR) is 107 cm³/mol. The van der Waals surface area contributed by atoms with Crippen LogP contribution in [0, 0.1) is 27.7 Å². The fourth-order valence-electron chi connectivity index (χ4n) is 2.87. The second-order valence-corrected chi connectivity index (χ2v) is 6.44. The minimum absolute atomic E-state index is 0.530. The van der Waals surface area contributed by atoms with Crippen LogP contribution in [0.1, 0.15) is 22.4 Å². The number of benzene rings is 2. The summed E-state index contributed by atoms with van der Waals surface area (Å²) in [5.41, 5.74) is 6.28. The Morgan fingerprint density at radius 3 is 2.27 bits per heavy atom. The number of methoxy groups -OCH3 is 1. The summed E-state index contributed by atoms with van der Waals surface area (Å²) in [6, 6.07) is 14.1. The Bertz CT molecular complexity index is 917. The Morgan fingerprint density at radius 2 is 1.58 bits per heavy atom. The first-order valence-electron chi connectivity index (χ1n) is 8.57. The molecule has 0 fully saturated rings. The maximum Gasteiger partial charge on any atom is 0.229 e. The first-order chi connectivity index (χ1) is 12.5. The van der Waals surface area contributed by atoms with Crippen LogP contribution in [0.5, 0.6) is 5.75 Å². The lowest BCUT2D eigenvalue weighted by Crippen LogP contribution is -2.04. The Labute approximate surface area is 154 Å². The van der Waals surface area contributed by atoms with Crippen LogP contribution < -0.4 is 15.4 Å². The van der Waals surface area contributed by atoms with Gasteiger partial charge in [0.25, 0.3) is 0 Å². The Morgan fingerprint density at radius 1 is 0.846 bits per heavy atom. The van der Waals surface area contributed by atoms with Crippen LogP contribution in [0.2, 0.25) is 0 Å². The van der Waals surface area contributed by atoms with Gasteiger partial charge in [-0.15, -0.1) is 0 Å². The number of ether oxygens (including phenoxy) is 1. The van der Waals surface area contributed by atoms with Crippen molar-refractivity contribution in [2.24, 2.45) is 0 Å². The number of anilines is 4. The summed E-state index contributed by atoms with van der Waals surface area (Å²) in [6.45, 7) is 8.16. The van der Waals surface area contributed by atoms with Gasteiger partial charge in [0.1, 0.15) is 11.6 Å². The smallest absolute Gasteiger partial charge is 0.229 e. The quantitative estimate of drug-likeness (QED) is 0.663. The molecule has 3 rings (SSSR count). The molecule has 0 spiro atoms. The van der Waals surface area contributed by atoms with Crippen molar-refractivity contribution in [1.82, 2.24) is 9.97 Å². The third kappa shape index (κ3) is 3.94. The first-order valence-corrected chi connectivity index (χ1v) is 8.57. The van der Waals surface area contributed by atoms with E-state index in [0.717, 1.165) is 34.2 Å². The summed E-state index contributed by atoms with van der Waals surface area (Å²) in [6.07, 6.45) is 0. The van der Waals surface area contributed by atoms with Crippen molar-refractivity contribution >= 4 is 23.1 Å². The van der Waals surface area contributed by atoms with Gasteiger partial charge in [-0.25, -0.2) is 4.98 Å². The molecule has 0 radical (unpaired) electrons. The van der Waals surface area contributed by atoms with E-state index in [1.54, 1.807) is 7.11 Å². The summed E-state index contributed by atoms with van der Waals surface area (Å²) in [4.78, 5) is 9.13. The van der Waals surface area contributed by atoms with Crippen molar-refractivity contribution in [2.45, 2.75) is 27.7 Å². The molecular weight excluding hydrogens is 324 g/mol. The van der Waals surface area contributed by atoms with Crippen molar-refractivity contribution in [3.05, 3.63) is 64.8 Å². The molecule has 0 saturated heterocycles. The lowest BCUT2D eigenvalue weighted by Gasteiger charge is -2.15. The molecule has 3 aromatic rings. The summed E-state index contributed by atoms with van der Waals surface area (Å²) in [5.74, 6) is 2.04. The van der Waals surface area contributed by atoms with Gasteiger partial charge in [-0.1, -0.05) is 24.3 Å². The third-order valence-corrected chi connectivity index (χ3v) is 4.19. The zero-order valence-corrected chi connectivity index (χ0v) is 15.8. The molecular formula is C21H24N4O. The van der Waals surface area contributed by atoms with Gasteiger partial charge in [0.05, 0.1) is 12.8 Å². The van der Waals surface area contributed by atoms with E-state index in [0.29, 0.717) is 5.95 Å². The summed E-state index contributed by atoms with van der Waals surface area (Å²) in [7, 11) is 1.65. The lowest BCUT2D eigenvalue weighted by molar-refractivity contribution is 0.416. The highest BCUT2D eigenvalue weighted by Gasteiger charge is 2.09. The van der Waals surface area contributed by atoms with E-state index < -0.39 is 0 Å². The largest absolute Gasteiger partial charge is 0.495 e. The van der Waals surface area contributed by atoms with Crippen LogP contribution in [-0.4, -0.2) is 17.1 Å². The summed E-state index contributed by atoms with van der Waals surface area (Å²) in [5, 5.41) is 6.70. The number of rotatable bonds is 5. The molecule has 0 atom stereocenters. The molecule has 0 amide bonds. The normalized spacial score (nSPS) is 10.5. The Kier molecular flexibility index (Phi) is 5.07. The average Bonchev–Trinajstić information content (AvgIpc) is 2.58. The first kappa shape index (κ1) is 17.7. The number of hydrogen-bond donors (Lipinski definition) is 2. The minimum Gasteiger partial charge on any atom is -0.495 e. The summed E-state index contributed by atoms with van der Waals surface area (Å²) >= 11 is 0. The van der Waals surface area contributed by atoms with Crippen molar-refractivity contribution < 1.29 is 4.74 Å². The predicted octanol–water partition coefficient (Wildman–Crippen LogP) is 5.21. The van der Waals surface area contributed by atoms with Crippen LogP contribution in [0.15, 0.2) is 42.5 Å². The van der Waals surface area contributed by atoms with Crippen LogP contribution in [0.25, 0.3) is 0 Å². The molecule has 0 bridgehead atoms. The van der Waals surface area contributed by atoms with Crippen molar-refractivity contribution in [1.29, 1.82) is 0 Å². The van der Waals surface area contributed by atoms with Crippen LogP contribution in [0.3, 0.4) is 0 Å². The highest BCUT2D eigenvalue weighted by Crippen LogP contribution is 2.29. The number of hydrogen-bond acceptors (Lipinski definition) is 5. The van der Waals surface area contributed by atoms with E-state index in [1.807, 2.05) is 38.1 Å². The maximum atomic E-state index is 5.43. The van der Waals surface area contributed by atoms with E-state index in [2.05, 4.69) is 52.6 Å². The molecule has 134 valence electrons. The zero-order chi connectivity index (χ0) is 18.7. The van der Waals surface area contributed by atoms with Gasteiger partial charge in [0, 0.05) is 17.4 Å². The Balaban J connectivity index is 1.92. The second-order valence-electron chi connectivity index (χ2n) is 6.44. The van der Waals surface area contributed by atoms with E-state index in [9.17, 15) is 0 Å². The number of aryl methyl sites for hydroxylation is 4. The molecule has 1 aromatic heterocycles. The number of aromatic nitrogens is 2. The standard InChI is InChI=1S/C21H24N4O/c1-13-9-10-18(26-5)17(11-13)23-21-22-16(4)12-19(25-21)24-20-14(2)7-6-8-15(20)3/h6-12H,1-5H3,(H2,22,23,24,25). The molecule has 0 aliphatic heterocycles. The summed E-state index contributed by atoms with van der Waals surface area (Å²) < 4.78 is 5.43. The number of para-hydroxylation sites is 1. The topological polar surface area (TPSA) is 59.1 Å². The Hall–Kier alpha value is -3.08. The van der Waals surface area contributed by atoms with Gasteiger partial charge in [0.2, 0.25) is 5.95 Å². The minimum atomic E-state index is 0.530. The maximum absolute atomic E-state index is 5.43. The fraction of sp³-hybridized carbons (Fsp3) is 0.238. The van der Waals surface area contributed by atoms with E-state index in [1.165, 1.54) is 11.1 Å². The number of nitrogens with zero attached hydrogens (tertiary/aromatic N) is 2. The van der Waals surface area contributed by atoms with Crippen molar-refractivity contribution in [3.8, 4) is 5.75 Å². The number of nitrogens with one attached hydrogen (secondary N) is 2. The molecule has 2 aromatic carbocycles. The molecule has 0 aliphatic carbocycles. The molecule has 1 heterocycles. The van der Waals surface area contributed by atoms with Gasteiger partial charge in [0.15, 0.2) is 0 Å². The van der Waals surface area contributed by atoms with Gasteiger partial charge in [-0.05, 0) is 56.5 Å². The highest BCUT2D eigenvalue weighted by molar-refractivity contribution is 5.67. The molecule has 26 heavy (non-hydrogen) atoms. The van der Waals surface area contributed by atoms with Gasteiger partial charge >= 0.3 is 0 Å². The van der Waals surface area contributed by atoms with Gasteiger partial charge in [-0.3, -0.25) is 0 Å². The van der Waals surface area contributed by atoms with Crippen molar-refractivity contribution in [2.75, 3.05) is 17.7 Å². The van der Waals surface area contributed by atoms with E-state index in [-0.39, 0.29) is 0 Å². The molecule has 5 heteroatoms. The van der Waals surface area contributed by atoms with Crippen LogP contribution in [-0.2, 0) is 0 Å². The lowest BCUT2D eigenvalue weighted by atomic mass is 10.1. The van der Waals surface area contributed by atoms with Gasteiger partial charge < -0.3 is 15.4 Å². The molecule has 2 N–H and O–H groups in total. The second kappa shape index (κ2) is 7.44. The SMILES string of the molecule is COc1ccc(C)cc1Nc1nc(C)cc(Nc2c(C)cccc2C)n1. The zero-order valence-electron chi connectivity index (χ0n) is 15.8. The molecule has 0 saturated carbocycles. The molecule has 0 aliphatic rings. The van der Waals surface area contributed by atoms with E-state index in [4.69, 9.17) is 4.74 Å². The van der Waals surface area contributed by atoms with E-state index >= 15 is 0 Å². The van der Waals surface area contributed by atoms with Crippen LogP contribution in [0.4, 0.5) is 23.1 Å².